The molecule has 2 atom stereocenters. The topological polar surface area (TPSA) is 76.2 Å². The van der Waals surface area contributed by atoms with Gasteiger partial charge in [0.25, 0.3) is 0 Å². The first-order chi connectivity index (χ1) is 13.1. The molecule has 0 saturated carbocycles. The highest BCUT2D eigenvalue weighted by Crippen LogP contribution is 2.57. The molecule has 1 aromatic carbocycles. The minimum absolute atomic E-state index is 0.0815. The van der Waals surface area contributed by atoms with Crippen LogP contribution in [0.5, 0.6) is 0 Å². The summed E-state index contributed by atoms with van der Waals surface area (Å²) >= 11 is 3.24. The van der Waals surface area contributed by atoms with Gasteiger partial charge in [-0.15, -0.1) is 0 Å². The van der Waals surface area contributed by atoms with E-state index in [-0.39, 0.29) is 18.5 Å². The van der Waals surface area contributed by atoms with E-state index < -0.39 is 41.5 Å². The molecule has 0 spiro atoms. The van der Waals surface area contributed by atoms with Crippen LogP contribution in [0.2, 0.25) is 0 Å². The number of nitrogens with zero attached hydrogens (tertiary/aromatic N) is 2. The highest BCUT2D eigenvalue weighted by atomic mass is 79.9. The van der Waals surface area contributed by atoms with Gasteiger partial charge in [0.1, 0.15) is 0 Å². The van der Waals surface area contributed by atoms with Gasteiger partial charge < -0.3 is 9.47 Å². The largest absolute Gasteiger partial charge is 0.468 e. The molecule has 0 aromatic heterocycles. The maximum atomic E-state index is 14.2. The Labute approximate surface area is 166 Å². The van der Waals surface area contributed by atoms with E-state index in [0.29, 0.717) is 9.48 Å². The van der Waals surface area contributed by atoms with Crippen molar-refractivity contribution in [2.24, 2.45) is 5.41 Å². The second-order valence-electron chi connectivity index (χ2n) is 6.40. The van der Waals surface area contributed by atoms with Gasteiger partial charge >= 0.3 is 18.1 Å². The number of fused-ring (bicyclic) bond motifs is 1. The molecule has 1 amide bonds. The van der Waals surface area contributed by atoms with E-state index >= 15 is 0 Å². The van der Waals surface area contributed by atoms with E-state index in [0.717, 1.165) is 19.2 Å². The third-order valence-corrected chi connectivity index (χ3v) is 5.56. The number of carbonyl (C=O) groups is 3. The van der Waals surface area contributed by atoms with Crippen LogP contribution in [0, 0.1) is 5.41 Å². The summed E-state index contributed by atoms with van der Waals surface area (Å²) in [5, 5.41) is 1.57. The monoisotopic (exact) mass is 464 g/mol. The molecular formula is C17H16BrF3N2O5. The van der Waals surface area contributed by atoms with Gasteiger partial charge in [-0.25, -0.2) is 5.01 Å². The molecule has 11 heteroatoms. The smallest absolute Gasteiger partial charge is 0.412 e. The Hall–Kier alpha value is -2.14. The number of halogens is 4. The van der Waals surface area contributed by atoms with Gasteiger partial charge in [0, 0.05) is 17.4 Å². The molecule has 1 aromatic rings. The van der Waals surface area contributed by atoms with Crippen molar-refractivity contribution in [3.05, 3.63) is 34.3 Å². The van der Waals surface area contributed by atoms with Gasteiger partial charge in [-0.1, -0.05) is 28.1 Å². The van der Waals surface area contributed by atoms with E-state index in [4.69, 9.17) is 0 Å². The van der Waals surface area contributed by atoms with Crippen LogP contribution in [0.4, 0.5) is 13.2 Å². The van der Waals surface area contributed by atoms with Crippen LogP contribution in [0.1, 0.15) is 18.0 Å². The number of ether oxygens (including phenoxy) is 2. The molecule has 2 fully saturated rings. The van der Waals surface area contributed by atoms with Crippen molar-refractivity contribution in [2.75, 3.05) is 20.8 Å². The van der Waals surface area contributed by atoms with Gasteiger partial charge in [-0.05, 0) is 17.7 Å². The average molecular weight is 465 g/mol. The number of carbonyl (C=O) groups excluding carboxylic acids is 3. The molecule has 7 nitrogen and oxygen atoms in total. The Morgan fingerprint density at radius 1 is 1.14 bits per heavy atom. The minimum atomic E-state index is -5.09. The van der Waals surface area contributed by atoms with Gasteiger partial charge in [-0.2, -0.15) is 13.2 Å². The number of rotatable bonds is 3. The summed E-state index contributed by atoms with van der Waals surface area (Å²) in [6, 6.07) is 1.92. The molecule has 2 aliphatic heterocycles. The third-order valence-electron chi connectivity index (χ3n) is 5.03. The summed E-state index contributed by atoms with van der Waals surface area (Å²) in [7, 11) is 1.78. The summed E-state index contributed by atoms with van der Waals surface area (Å²) in [5.74, 6) is -3.67. The number of benzene rings is 1. The van der Waals surface area contributed by atoms with Crippen LogP contribution in [0.3, 0.4) is 0 Å². The molecule has 2 saturated heterocycles. The molecular weight excluding hydrogens is 449 g/mol. The molecule has 2 heterocycles. The van der Waals surface area contributed by atoms with Crippen LogP contribution in [-0.4, -0.2) is 60.8 Å². The van der Waals surface area contributed by atoms with Crippen LogP contribution in [0.15, 0.2) is 28.7 Å². The average Bonchev–Trinajstić information content (AvgIpc) is 3.16. The number of alkyl halides is 3. The number of hydrogen-bond acceptors (Lipinski definition) is 6. The third kappa shape index (κ3) is 2.79. The predicted octanol–water partition coefficient (Wildman–Crippen LogP) is 2.22. The summed E-state index contributed by atoms with van der Waals surface area (Å²) in [5.41, 5.74) is -2.59. The zero-order valence-corrected chi connectivity index (χ0v) is 16.4. The molecule has 2 aliphatic rings. The SMILES string of the molecule is COC(=O)C1(C(=O)OC)[C@H](c2ccc(Br)cc2)N2CCC(=O)N2[C@H]1C(F)(F)F. The first kappa shape index (κ1) is 20.6. The fourth-order valence-corrected chi connectivity index (χ4v) is 4.31. The van der Waals surface area contributed by atoms with Gasteiger partial charge in [-0.3, -0.25) is 19.4 Å². The Morgan fingerprint density at radius 2 is 1.68 bits per heavy atom. The molecule has 0 radical (unpaired) electrons. The van der Waals surface area contributed by atoms with E-state index in [2.05, 4.69) is 25.4 Å². The summed E-state index contributed by atoms with van der Waals surface area (Å²) < 4.78 is 52.5. The van der Waals surface area contributed by atoms with Crippen LogP contribution in [-0.2, 0) is 23.9 Å². The first-order valence-electron chi connectivity index (χ1n) is 8.18. The fraction of sp³-hybridized carbons (Fsp3) is 0.471. The molecule has 28 heavy (non-hydrogen) atoms. The van der Waals surface area contributed by atoms with Crippen molar-refractivity contribution in [1.82, 2.24) is 10.0 Å². The normalized spacial score (nSPS) is 24.2. The maximum Gasteiger partial charge on any atom is 0.412 e. The van der Waals surface area contributed by atoms with Crippen LogP contribution in [0.25, 0.3) is 0 Å². The Morgan fingerprint density at radius 3 is 2.14 bits per heavy atom. The Balaban J connectivity index is 2.35. The minimum Gasteiger partial charge on any atom is -0.468 e. The number of hydrogen-bond donors (Lipinski definition) is 0. The number of methoxy groups -OCH3 is 2. The molecule has 152 valence electrons. The molecule has 0 N–H and O–H groups in total. The predicted molar refractivity (Wildman–Crippen MR) is 91.4 cm³/mol. The molecule has 0 unspecified atom stereocenters. The fourth-order valence-electron chi connectivity index (χ4n) is 4.04. The van der Waals surface area contributed by atoms with Crippen molar-refractivity contribution in [2.45, 2.75) is 24.7 Å². The summed E-state index contributed by atoms with van der Waals surface area (Å²) in [4.78, 5) is 37.9. The Bertz CT molecular complexity index is 798. The van der Waals surface area contributed by atoms with E-state index in [9.17, 15) is 27.6 Å². The highest BCUT2D eigenvalue weighted by molar-refractivity contribution is 9.10. The van der Waals surface area contributed by atoms with Crippen LogP contribution < -0.4 is 0 Å². The van der Waals surface area contributed by atoms with Crippen molar-refractivity contribution in [3.63, 3.8) is 0 Å². The van der Waals surface area contributed by atoms with Gasteiger partial charge in [0.2, 0.25) is 11.3 Å². The van der Waals surface area contributed by atoms with Crippen molar-refractivity contribution in [1.29, 1.82) is 0 Å². The second-order valence-corrected chi connectivity index (χ2v) is 7.32. The lowest BCUT2D eigenvalue weighted by atomic mass is 9.71. The lowest BCUT2D eigenvalue weighted by molar-refractivity contribution is -0.220. The lowest BCUT2D eigenvalue weighted by Gasteiger charge is -2.35. The summed E-state index contributed by atoms with van der Waals surface area (Å²) in [6.07, 6.45) is -5.26. The van der Waals surface area contributed by atoms with Crippen molar-refractivity contribution < 1.29 is 37.0 Å². The zero-order chi connectivity index (χ0) is 20.9. The summed E-state index contributed by atoms with van der Waals surface area (Å²) in [6.45, 7) is -0.0815. The molecule has 0 aliphatic carbocycles. The zero-order valence-electron chi connectivity index (χ0n) is 14.8. The number of amides is 1. The number of hydrazine groups is 1. The van der Waals surface area contributed by atoms with Gasteiger partial charge in [0.15, 0.2) is 6.04 Å². The maximum absolute atomic E-state index is 14.2. The van der Waals surface area contributed by atoms with E-state index in [1.54, 1.807) is 12.1 Å². The highest BCUT2D eigenvalue weighted by Gasteiger charge is 2.78. The quantitative estimate of drug-likeness (QED) is 0.504. The molecule has 0 bridgehead atoms. The number of esters is 2. The standard InChI is InChI=1S/C17H16BrF3N2O5/c1-27-14(25)16(15(26)28-2)12(9-3-5-10(18)6-4-9)22-8-7-11(24)23(22)13(16)17(19,20)21/h3-6,12-13H,7-8H2,1-2H3/t12-,13+/m0/s1. The van der Waals surface area contributed by atoms with Crippen molar-refractivity contribution in [3.8, 4) is 0 Å². The van der Waals surface area contributed by atoms with Gasteiger partial charge in [0.05, 0.1) is 20.3 Å². The first-order valence-corrected chi connectivity index (χ1v) is 8.97. The Kier molecular flexibility index (Phi) is 5.17. The van der Waals surface area contributed by atoms with E-state index in [1.807, 2.05) is 0 Å². The van der Waals surface area contributed by atoms with Crippen LogP contribution >= 0.6 is 15.9 Å². The molecule has 3 rings (SSSR count). The van der Waals surface area contributed by atoms with E-state index in [1.165, 1.54) is 12.1 Å². The lowest BCUT2D eigenvalue weighted by Crippen LogP contribution is -2.59. The van der Waals surface area contributed by atoms with Crippen molar-refractivity contribution >= 4 is 33.8 Å². The second kappa shape index (κ2) is 7.03.